The number of carbonyl (C=O) groups excluding carboxylic acids is 1. The summed E-state index contributed by atoms with van der Waals surface area (Å²) in [6.07, 6.45) is 1.47. The molecule has 0 atom stereocenters. The summed E-state index contributed by atoms with van der Waals surface area (Å²) in [5.41, 5.74) is 6.27. The van der Waals surface area contributed by atoms with Crippen LogP contribution >= 0.6 is 15.9 Å². The first kappa shape index (κ1) is 13.9. The number of likely N-dealkylation sites (tertiary alicyclic amines) is 1. The molecule has 0 saturated carbocycles. The van der Waals surface area contributed by atoms with E-state index >= 15 is 0 Å². The Kier molecular flexibility index (Phi) is 4.42. The lowest BCUT2D eigenvalue weighted by molar-refractivity contribution is 0.0709. The van der Waals surface area contributed by atoms with E-state index in [1.807, 2.05) is 29.2 Å². The minimum atomic E-state index is 0.0328. The maximum atomic E-state index is 12.3. The lowest BCUT2D eigenvalue weighted by Crippen LogP contribution is -2.41. The average Bonchev–Trinajstić information content (AvgIpc) is 2.46. The Morgan fingerprint density at radius 2 is 1.89 bits per heavy atom. The molecule has 0 unspecified atom stereocenters. The van der Waals surface area contributed by atoms with Crippen molar-refractivity contribution in [3.8, 4) is 0 Å². The molecule has 0 spiro atoms. The van der Waals surface area contributed by atoms with Crippen LogP contribution in [0.3, 0.4) is 0 Å². The van der Waals surface area contributed by atoms with E-state index in [-0.39, 0.29) is 17.7 Å². The Morgan fingerprint density at radius 3 is 2.42 bits per heavy atom. The fraction of sp³-hybridized carbons (Fsp3) is 0.385. The molecule has 5 nitrogen and oxygen atoms in total. The van der Waals surface area contributed by atoms with Gasteiger partial charge in [0.25, 0.3) is 5.91 Å². The molecule has 2 rings (SSSR count). The maximum Gasteiger partial charge on any atom is 0.253 e. The molecule has 0 bridgehead atoms. The van der Waals surface area contributed by atoms with Gasteiger partial charge in [0.1, 0.15) is 5.84 Å². The summed E-state index contributed by atoms with van der Waals surface area (Å²) in [7, 11) is 0. The van der Waals surface area contributed by atoms with Crippen molar-refractivity contribution in [2.24, 2.45) is 16.8 Å². The lowest BCUT2D eigenvalue weighted by atomic mass is 9.95. The molecule has 6 heteroatoms. The fourth-order valence-corrected chi connectivity index (χ4v) is 2.50. The number of hydrogen-bond acceptors (Lipinski definition) is 3. The van der Waals surface area contributed by atoms with Crippen molar-refractivity contribution < 1.29 is 10.0 Å². The molecule has 19 heavy (non-hydrogen) atoms. The van der Waals surface area contributed by atoms with Crippen LogP contribution in [0.5, 0.6) is 0 Å². The molecule has 3 N–H and O–H groups in total. The number of nitrogens with two attached hydrogens (primary N) is 1. The van der Waals surface area contributed by atoms with Crippen LogP contribution in [0.1, 0.15) is 23.2 Å². The summed E-state index contributed by atoms with van der Waals surface area (Å²) in [6.45, 7) is 1.27. The topological polar surface area (TPSA) is 78.9 Å². The van der Waals surface area contributed by atoms with Crippen LogP contribution in [0.2, 0.25) is 0 Å². The Hall–Kier alpha value is -1.56. The van der Waals surface area contributed by atoms with Gasteiger partial charge in [0.15, 0.2) is 0 Å². The zero-order chi connectivity index (χ0) is 13.8. The molecular formula is C13H16BrN3O2. The second-order valence-electron chi connectivity index (χ2n) is 4.60. The van der Waals surface area contributed by atoms with E-state index in [1.54, 1.807) is 0 Å². The molecule has 1 amide bonds. The maximum absolute atomic E-state index is 12.3. The predicted molar refractivity (Wildman–Crippen MR) is 76.2 cm³/mol. The normalized spacial score (nSPS) is 17.5. The zero-order valence-corrected chi connectivity index (χ0v) is 12.0. The van der Waals surface area contributed by atoms with Gasteiger partial charge in [0, 0.05) is 29.0 Å². The summed E-state index contributed by atoms with van der Waals surface area (Å²) < 4.78 is 0.953. The first-order chi connectivity index (χ1) is 9.11. The predicted octanol–water partition coefficient (Wildman–Crippen LogP) is 2.05. The quantitative estimate of drug-likeness (QED) is 0.378. The van der Waals surface area contributed by atoms with E-state index in [1.165, 1.54) is 0 Å². The monoisotopic (exact) mass is 325 g/mol. The van der Waals surface area contributed by atoms with Gasteiger partial charge in [-0.3, -0.25) is 4.79 Å². The van der Waals surface area contributed by atoms with E-state index in [0.29, 0.717) is 18.7 Å². The smallest absolute Gasteiger partial charge is 0.253 e. The highest BCUT2D eigenvalue weighted by Crippen LogP contribution is 2.20. The molecule has 0 aliphatic carbocycles. The van der Waals surface area contributed by atoms with E-state index in [4.69, 9.17) is 10.9 Å². The van der Waals surface area contributed by atoms with Gasteiger partial charge >= 0.3 is 0 Å². The molecular weight excluding hydrogens is 310 g/mol. The van der Waals surface area contributed by atoms with Gasteiger partial charge in [-0.2, -0.15) is 0 Å². The Bertz CT molecular complexity index is 479. The number of benzene rings is 1. The van der Waals surface area contributed by atoms with E-state index in [0.717, 1.165) is 17.3 Å². The molecule has 102 valence electrons. The van der Waals surface area contributed by atoms with Crippen molar-refractivity contribution in [3.05, 3.63) is 34.3 Å². The van der Waals surface area contributed by atoms with Gasteiger partial charge in [-0.25, -0.2) is 0 Å². The van der Waals surface area contributed by atoms with E-state index < -0.39 is 0 Å². The minimum Gasteiger partial charge on any atom is -0.409 e. The third kappa shape index (κ3) is 3.26. The largest absolute Gasteiger partial charge is 0.409 e. The number of oxime groups is 1. The standard InChI is InChI=1S/C13H16BrN3O2/c14-11-3-1-10(2-4-11)13(18)17-7-5-9(6-8-17)12(15)16-19/h1-4,9,19H,5-8H2,(H2,15,16). The summed E-state index contributed by atoms with van der Waals surface area (Å²) in [4.78, 5) is 14.1. The van der Waals surface area contributed by atoms with E-state index in [2.05, 4.69) is 21.1 Å². The Balaban J connectivity index is 1.98. The highest BCUT2D eigenvalue weighted by molar-refractivity contribution is 9.10. The first-order valence-corrected chi connectivity index (χ1v) is 6.93. The van der Waals surface area contributed by atoms with Gasteiger partial charge in [-0.05, 0) is 37.1 Å². The van der Waals surface area contributed by atoms with Gasteiger partial charge in [0.05, 0.1) is 0 Å². The third-order valence-electron chi connectivity index (χ3n) is 3.41. The van der Waals surface area contributed by atoms with E-state index in [9.17, 15) is 4.79 Å². The summed E-state index contributed by atoms with van der Waals surface area (Å²) >= 11 is 3.35. The molecule has 1 aromatic carbocycles. The van der Waals surface area contributed by atoms with Gasteiger partial charge < -0.3 is 15.8 Å². The van der Waals surface area contributed by atoms with Crippen molar-refractivity contribution >= 4 is 27.7 Å². The number of amidine groups is 1. The number of carbonyl (C=O) groups is 1. The minimum absolute atomic E-state index is 0.0328. The van der Waals surface area contributed by atoms with Gasteiger partial charge in [0.2, 0.25) is 0 Å². The SMILES string of the molecule is NC(=NO)C1CCN(C(=O)c2ccc(Br)cc2)CC1. The number of nitrogens with zero attached hydrogens (tertiary/aromatic N) is 2. The fourth-order valence-electron chi connectivity index (χ4n) is 2.24. The van der Waals surface area contributed by atoms with Crippen LogP contribution < -0.4 is 5.73 Å². The van der Waals surface area contributed by atoms with Gasteiger partial charge in [-0.15, -0.1) is 0 Å². The summed E-state index contributed by atoms with van der Waals surface area (Å²) in [5.74, 6) is 0.361. The number of hydrogen-bond donors (Lipinski definition) is 2. The van der Waals surface area contributed by atoms with Crippen LogP contribution in [-0.4, -0.2) is 34.9 Å². The van der Waals surface area contributed by atoms with Crippen molar-refractivity contribution in [3.63, 3.8) is 0 Å². The number of piperidine rings is 1. The number of rotatable bonds is 2. The zero-order valence-electron chi connectivity index (χ0n) is 10.4. The van der Waals surface area contributed by atoms with Crippen LogP contribution in [0.4, 0.5) is 0 Å². The van der Waals surface area contributed by atoms with Crippen molar-refractivity contribution in [1.82, 2.24) is 4.90 Å². The second kappa shape index (κ2) is 6.06. The highest BCUT2D eigenvalue weighted by atomic mass is 79.9. The molecule has 1 aliphatic rings. The van der Waals surface area contributed by atoms with Crippen LogP contribution in [0.25, 0.3) is 0 Å². The van der Waals surface area contributed by atoms with Crippen LogP contribution in [0.15, 0.2) is 33.9 Å². The molecule has 0 aromatic heterocycles. The number of halogens is 1. The van der Waals surface area contributed by atoms with Gasteiger partial charge in [-0.1, -0.05) is 21.1 Å². The number of amides is 1. The lowest BCUT2D eigenvalue weighted by Gasteiger charge is -2.31. The summed E-state index contributed by atoms with van der Waals surface area (Å²) in [5, 5.41) is 11.7. The molecule has 0 radical (unpaired) electrons. The molecule has 1 heterocycles. The molecule has 1 saturated heterocycles. The third-order valence-corrected chi connectivity index (χ3v) is 3.94. The first-order valence-electron chi connectivity index (χ1n) is 6.14. The molecule has 1 aromatic rings. The van der Waals surface area contributed by atoms with Crippen molar-refractivity contribution in [1.29, 1.82) is 0 Å². The average molecular weight is 326 g/mol. The van der Waals surface area contributed by atoms with Crippen LogP contribution in [0, 0.1) is 5.92 Å². The molecule has 1 aliphatic heterocycles. The Morgan fingerprint density at radius 1 is 1.32 bits per heavy atom. The summed E-state index contributed by atoms with van der Waals surface area (Å²) in [6, 6.07) is 7.33. The molecule has 1 fully saturated rings. The van der Waals surface area contributed by atoms with Crippen molar-refractivity contribution in [2.75, 3.05) is 13.1 Å². The van der Waals surface area contributed by atoms with Crippen molar-refractivity contribution in [2.45, 2.75) is 12.8 Å². The Labute approximate surface area is 120 Å². The van der Waals surface area contributed by atoms with Crippen LogP contribution in [-0.2, 0) is 0 Å². The highest BCUT2D eigenvalue weighted by Gasteiger charge is 2.25. The second-order valence-corrected chi connectivity index (χ2v) is 5.51.